The van der Waals surface area contributed by atoms with Crippen LogP contribution in [0.5, 0.6) is 0 Å². The van der Waals surface area contributed by atoms with E-state index in [0.29, 0.717) is 0 Å². The van der Waals surface area contributed by atoms with E-state index in [0.717, 1.165) is 11.4 Å². The molecule has 0 radical (unpaired) electrons. The van der Waals surface area contributed by atoms with Crippen LogP contribution in [0.15, 0.2) is 200 Å². The van der Waals surface area contributed by atoms with Gasteiger partial charge in [-0.25, -0.2) is 0 Å². The zero-order valence-electron chi connectivity index (χ0n) is 45.8. The van der Waals surface area contributed by atoms with E-state index in [1.807, 2.05) is 11.3 Å². The number of nitrogens with zero attached hydrogens (tertiary/aromatic N) is 4. The number of benzene rings is 10. The lowest BCUT2D eigenvalue weighted by atomic mass is 9.36. The molecule has 4 aromatic heterocycles. The molecule has 0 spiro atoms. The summed E-state index contributed by atoms with van der Waals surface area (Å²) in [5.41, 5.74) is 25.2. The molecule has 4 nitrogen and oxygen atoms in total. The van der Waals surface area contributed by atoms with E-state index in [1.54, 1.807) is 0 Å². The quantitative estimate of drug-likeness (QED) is 0.161. The number of para-hydroxylation sites is 4. The number of aromatic nitrogens is 3. The second-order valence-corrected chi connectivity index (χ2v) is 26.4. The maximum absolute atomic E-state index is 2.72. The van der Waals surface area contributed by atoms with Gasteiger partial charge < -0.3 is 18.6 Å². The van der Waals surface area contributed by atoms with E-state index in [9.17, 15) is 0 Å². The first kappa shape index (κ1) is 45.4. The third kappa shape index (κ3) is 5.89. The van der Waals surface area contributed by atoms with Gasteiger partial charge in [0.2, 0.25) is 0 Å². The molecule has 79 heavy (non-hydrogen) atoms. The highest BCUT2D eigenvalue weighted by molar-refractivity contribution is 7.33. The molecule has 0 saturated carbocycles. The fourth-order valence-electron chi connectivity index (χ4n) is 14.8. The minimum absolute atomic E-state index is 0.00541. The number of thiophene rings is 1. The summed E-state index contributed by atoms with van der Waals surface area (Å²) in [5, 5.41) is 8.89. The smallest absolute Gasteiger partial charge is 0.264 e. The van der Waals surface area contributed by atoms with Crippen LogP contribution >= 0.6 is 11.3 Å². The maximum atomic E-state index is 2.72. The van der Waals surface area contributed by atoms with Gasteiger partial charge in [-0.15, -0.1) is 11.3 Å². The van der Waals surface area contributed by atoms with Gasteiger partial charge in [-0.3, -0.25) is 0 Å². The monoisotopic (exact) mass is 1030 g/mol. The minimum atomic E-state index is -0.170. The van der Waals surface area contributed by atoms with Crippen LogP contribution in [0.2, 0.25) is 0 Å². The minimum Gasteiger partial charge on any atom is -0.310 e. The summed E-state index contributed by atoms with van der Waals surface area (Å²) in [6.07, 6.45) is 0. The van der Waals surface area contributed by atoms with Crippen molar-refractivity contribution in [3.8, 4) is 28.2 Å². The second-order valence-electron chi connectivity index (χ2n) is 25.3. The van der Waals surface area contributed by atoms with Crippen molar-refractivity contribution < 1.29 is 0 Å². The van der Waals surface area contributed by atoms with Crippen molar-refractivity contribution in [1.82, 2.24) is 13.7 Å². The van der Waals surface area contributed by atoms with Gasteiger partial charge in [0.05, 0.1) is 39.0 Å². The number of hydrogen-bond acceptors (Lipinski definition) is 2. The van der Waals surface area contributed by atoms with Gasteiger partial charge in [0.25, 0.3) is 6.71 Å². The number of anilines is 3. The molecule has 0 atom stereocenters. The zero-order valence-corrected chi connectivity index (χ0v) is 46.6. The Kier molecular flexibility index (Phi) is 8.84. The maximum Gasteiger partial charge on any atom is 0.264 e. The van der Waals surface area contributed by atoms with E-state index in [1.165, 1.54) is 147 Å². The van der Waals surface area contributed by atoms with Crippen LogP contribution in [-0.4, -0.2) is 20.4 Å². The van der Waals surface area contributed by atoms with Crippen LogP contribution in [0, 0.1) is 0 Å². The molecule has 0 amide bonds. The SMILES string of the molecule is CC(C)(C)c1ccc(N2c3cc(-n4c5ccccc5c5ccc6c(c54)-c4ccccc4C6(C)C)cc4c3B(c3sc5ccc(C(C)(C)C)cc5c32)c2cccc3c5ccc6c7ccccc7n(-c7ccccc7)c6c5n-4c23)cc1. The van der Waals surface area contributed by atoms with Crippen molar-refractivity contribution in [1.29, 1.82) is 0 Å². The molecule has 17 rings (SSSR count). The lowest BCUT2D eigenvalue weighted by molar-refractivity contribution is 0.590. The standard InChI is InChI=1S/C73H57BN4S/c1-71(2,3)42-29-32-45(33-30-42)76-60-40-46(77-59-28-17-13-21-47(59)50-36-37-56-63(66(50)77)53-23-12-15-25-55(53)73(56,7)8)41-61-64(60)74(70-69(76)54-39-43(72(4,5)6)31-38-62(54)79-70)57-26-18-24-49-52-35-34-51-48-22-14-16-27-58(48)75(44-19-10-9-11-20-44)67(51)68(52)78(61)65(49)57/h9-41H,1-8H3. The molecule has 2 aliphatic heterocycles. The number of hydrogen-bond donors (Lipinski definition) is 0. The predicted molar refractivity (Wildman–Crippen MR) is 339 cm³/mol. The molecule has 0 fully saturated rings. The normalized spacial score (nSPS) is 14.4. The fraction of sp³-hybridized carbons (Fsp3) is 0.151. The highest BCUT2D eigenvalue weighted by atomic mass is 32.1. The Labute approximate surface area is 464 Å². The van der Waals surface area contributed by atoms with Crippen LogP contribution in [-0.2, 0) is 16.2 Å². The summed E-state index contributed by atoms with van der Waals surface area (Å²) in [6.45, 7) is 18.8. The average molecular weight is 1030 g/mol. The summed E-state index contributed by atoms with van der Waals surface area (Å²) in [4.78, 5) is 2.68. The van der Waals surface area contributed by atoms with E-state index < -0.39 is 0 Å². The largest absolute Gasteiger partial charge is 0.310 e. The van der Waals surface area contributed by atoms with Gasteiger partial charge in [0.1, 0.15) is 0 Å². The van der Waals surface area contributed by atoms with E-state index in [-0.39, 0.29) is 23.0 Å². The second kappa shape index (κ2) is 15.4. The molecular formula is C73H57BN4S. The Bertz CT molecular complexity index is 5010. The summed E-state index contributed by atoms with van der Waals surface area (Å²) in [7, 11) is 0. The van der Waals surface area contributed by atoms with Crippen molar-refractivity contribution in [3.63, 3.8) is 0 Å². The van der Waals surface area contributed by atoms with Crippen LogP contribution in [0.1, 0.15) is 77.6 Å². The van der Waals surface area contributed by atoms with Gasteiger partial charge in [0.15, 0.2) is 0 Å². The Morgan fingerprint density at radius 1 is 0.418 bits per heavy atom. The van der Waals surface area contributed by atoms with Gasteiger partial charge in [0, 0.05) is 86.4 Å². The van der Waals surface area contributed by atoms with Crippen LogP contribution in [0.25, 0.3) is 104 Å². The highest BCUT2D eigenvalue weighted by Gasteiger charge is 2.46. The van der Waals surface area contributed by atoms with Crippen molar-refractivity contribution >= 4 is 126 Å². The van der Waals surface area contributed by atoms with Gasteiger partial charge in [-0.2, -0.15) is 0 Å². The van der Waals surface area contributed by atoms with Gasteiger partial charge in [-0.05, 0) is 110 Å². The third-order valence-corrected chi connectivity index (χ3v) is 19.7. The van der Waals surface area contributed by atoms with Crippen LogP contribution in [0.4, 0.5) is 17.1 Å². The van der Waals surface area contributed by atoms with Crippen LogP contribution < -0.4 is 20.6 Å². The first-order valence-corrected chi connectivity index (χ1v) is 28.9. The number of fused-ring (bicyclic) bond motifs is 20. The lowest BCUT2D eigenvalue weighted by Gasteiger charge is -2.39. The summed E-state index contributed by atoms with van der Waals surface area (Å²) in [6, 6.07) is 77.1. The van der Waals surface area contributed by atoms with Crippen molar-refractivity contribution in [2.75, 3.05) is 4.90 Å². The molecule has 0 unspecified atom stereocenters. The van der Waals surface area contributed by atoms with Crippen molar-refractivity contribution in [3.05, 3.63) is 222 Å². The molecular weight excluding hydrogens is 976 g/mol. The molecule has 0 bridgehead atoms. The van der Waals surface area contributed by atoms with Crippen molar-refractivity contribution in [2.45, 2.75) is 71.6 Å². The average Bonchev–Trinajstić information content (AvgIpc) is 3.11. The van der Waals surface area contributed by atoms with Crippen LogP contribution in [0.3, 0.4) is 0 Å². The molecule has 0 saturated heterocycles. The zero-order chi connectivity index (χ0) is 53.2. The summed E-state index contributed by atoms with van der Waals surface area (Å²) < 4.78 is 10.6. The lowest BCUT2D eigenvalue weighted by Crippen LogP contribution is -2.59. The third-order valence-electron chi connectivity index (χ3n) is 18.5. The van der Waals surface area contributed by atoms with E-state index in [2.05, 4.69) is 274 Å². The Morgan fingerprint density at radius 3 is 1.73 bits per heavy atom. The Morgan fingerprint density at radius 2 is 1.00 bits per heavy atom. The number of rotatable bonds is 3. The fourth-order valence-corrected chi connectivity index (χ4v) is 16.1. The van der Waals surface area contributed by atoms with Gasteiger partial charge >= 0.3 is 0 Å². The van der Waals surface area contributed by atoms with Gasteiger partial charge in [-0.1, -0.05) is 195 Å². The summed E-state index contributed by atoms with van der Waals surface area (Å²) in [5.74, 6) is 0. The first-order chi connectivity index (χ1) is 38.3. The first-order valence-electron chi connectivity index (χ1n) is 28.1. The molecule has 3 aliphatic rings. The molecule has 14 aromatic rings. The molecule has 6 heteroatoms. The Balaban J connectivity index is 1.09. The van der Waals surface area contributed by atoms with Crippen molar-refractivity contribution in [2.24, 2.45) is 0 Å². The molecule has 378 valence electrons. The molecule has 10 aromatic carbocycles. The predicted octanol–water partition coefficient (Wildman–Crippen LogP) is 17.7. The summed E-state index contributed by atoms with van der Waals surface area (Å²) >= 11 is 1.99. The highest BCUT2D eigenvalue weighted by Crippen LogP contribution is 2.55. The Hall–Kier alpha value is -8.58. The molecule has 6 heterocycles. The topological polar surface area (TPSA) is 18.0 Å². The van der Waals surface area contributed by atoms with E-state index in [4.69, 9.17) is 0 Å². The van der Waals surface area contributed by atoms with E-state index >= 15 is 0 Å². The molecule has 0 N–H and O–H groups in total. The molecule has 1 aliphatic carbocycles.